The number of aromatic amines is 1. The van der Waals surface area contributed by atoms with E-state index in [0.717, 1.165) is 23.8 Å². The fourth-order valence-corrected chi connectivity index (χ4v) is 2.89. The summed E-state index contributed by atoms with van der Waals surface area (Å²) in [5, 5.41) is 7.34. The van der Waals surface area contributed by atoms with Crippen LogP contribution < -0.4 is 4.90 Å². The van der Waals surface area contributed by atoms with Gasteiger partial charge in [0.15, 0.2) is 4.77 Å². The molecule has 1 aliphatic carbocycles. The van der Waals surface area contributed by atoms with E-state index in [-0.39, 0.29) is 0 Å². The summed E-state index contributed by atoms with van der Waals surface area (Å²) in [7, 11) is 1.72. The van der Waals surface area contributed by atoms with Crippen molar-refractivity contribution in [3.8, 4) is 0 Å². The highest BCUT2D eigenvalue weighted by Crippen LogP contribution is 2.32. The molecule has 1 N–H and O–H groups in total. The molecule has 1 heterocycles. The van der Waals surface area contributed by atoms with E-state index in [4.69, 9.17) is 17.0 Å². The number of anilines is 1. The minimum Gasteiger partial charge on any atom is -0.383 e. The van der Waals surface area contributed by atoms with Crippen LogP contribution in [0.15, 0.2) is 0 Å². The van der Waals surface area contributed by atoms with Crippen LogP contribution in [0.3, 0.4) is 0 Å². The Bertz CT molecular complexity index is 422. The molecule has 0 amide bonds. The molecule has 0 saturated heterocycles. The molecule has 0 atom stereocenters. The second-order valence-electron chi connectivity index (χ2n) is 4.71. The van der Waals surface area contributed by atoms with Gasteiger partial charge in [-0.25, -0.2) is 5.10 Å². The molecular weight excluding hydrogens is 248 g/mol. The summed E-state index contributed by atoms with van der Waals surface area (Å²) >= 11 is 5.38. The van der Waals surface area contributed by atoms with Crippen molar-refractivity contribution in [3.63, 3.8) is 0 Å². The van der Waals surface area contributed by atoms with E-state index in [1.54, 1.807) is 7.11 Å². The third kappa shape index (κ3) is 2.75. The molecule has 0 radical (unpaired) electrons. The lowest BCUT2D eigenvalue weighted by Crippen LogP contribution is -2.30. The van der Waals surface area contributed by atoms with E-state index in [2.05, 4.69) is 26.6 Å². The Morgan fingerprint density at radius 2 is 2.22 bits per heavy atom. The standard InChI is InChI=1S/C12H22N4OS/c1-3-15(8-9-17-2)11-13-14-12(18)16(11)10-6-4-5-7-10/h10H,3-9H2,1-2H3,(H,14,18). The fourth-order valence-electron chi connectivity index (χ4n) is 2.61. The largest absolute Gasteiger partial charge is 0.383 e. The molecule has 1 saturated carbocycles. The van der Waals surface area contributed by atoms with Crippen LogP contribution in [0.25, 0.3) is 0 Å². The summed E-state index contributed by atoms with van der Waals surface area (Å²) in [4.78, 5) is 2.22. The first-order valence-electron chi connectivity index (χ1n) is 6.68. The molecule has 0 spiro atoms. The summed E-state index contributed by atoms with van der Waals surface area (Å²) in [6, 6.07) is 0.517. The molecule has 5 nitrogen and oxygen atoms in total. The van der Waals surface area contributed by atoms with Gasteiger partial charge in [-0.05, 0) is 32.0 Å². The van der Waals surface area contributed by atoms with E-state index >= 15 is 0 Å². The Balaban J connectivity index is 2.23. The van der Waals surface area contributed by atoms with Gasteiger partial charge in [0.25, 0.3) is 0 Å². The van der Waals surface area contributed by atoms with E-state index < -0.39 is 0 Å². The third-order valence-corrected chi connectivity index (χ3v) is 3.89. The van der Waals surface area contributed by atoms with E-state index in [9.17, 15) is 0 Å². The Morgan fingerprint density at radius 1 is 1.50 bits per heavy atom. The summed E-state index contributed by atoms with van der Waals surface area (Å²) < 4.78 is 8.09. The van der Waals surface area contributed by atoms with Gasteiger partial charge in [-0.3, -0.25) is 4.57 Å². The van der Waals surface area contributed by atoms with Gasteiger partial charge in [0, 0.05) is 26.2 Å². The van der Waals surface area contributed by atoms with Gasteiger partial charge in [-0.1, -0.05) is 12.8 Å². The van der Waals surface area contributed by atoms with Crippen molar-refractivity contribution in [2.75, 3.05) is 31.7 Å². The van der Waals surface area contributed by atoms with Crippen molar-refractivity contribution in [2.24, 2.45) is 0 Å². The number of likely N-dealkylation sites (N-methyl/N-ethyl adjacent to an activating group) is 1. The maximum absolute atomic E-state index is 5.38. The number of methoxy groups -OCH3 is 1. The molecule has 1 fully saturated rings. The maximum Gasteiger partial charge on any atom is 0.226 e. The van der Waals surface area contributed by atoms with Crippen LogP contribution in [0.5, 0.6) is 0 Å². The minimum absolute atomic E-state index is 0.517. The molecule has 1 aliphatic rings. The molecule has 1 aromatic rings. The highest BCUT2D eigenvalue weighted by molar-refractivity contribution is 7.71. The van der Waals surface area contributed by atoms with Crippen molar-refractivity contribution < 1.29 is 4.74 Å². The quantitative estimate of drug-likeness (QED) is 0.807. The second kappa shape index (κ2) is 6.33. The number of nitrogens with zero attached hydrogens (tertiary/aromatic N) is 3. The molecule has 0 bridgehead atoms. The number of hydrogen-bond acceptors (Lipinski definition) is 4. The van der Waals surface area contributed by atoms with Crippen molar-refractivity contribution in [1.82, 2.24) is 14.8 Å². The highest BCUT2D eigenvalue weighted by Gasteiger charge is 2.23. The van der Waals surface area contributed by atoms with Gasteiger partial charge in [-0.15, -0.1) is 5.10 Å². The van der Waals surface area contributed by atoms with Crippen LogP contribution in [0.1, 0.15) is 38.6 Å². The first kappa shape index (κ1) is 13.5. The van der Waals surface area contributed by atoms with Gasteiger partial charge in [-0.2, -0.15) is 0 Å². The van der Waals surface area contributed by atoms with E-state index in [1.165, 1.54) is 25.7 Å². The molecule has 102 valence electrons. The molecule has 0 unspecified atom stereocenters. The monoisotopic (exact) mass is 270 g/mol. The predicted octanol–water partition coefficient (Wildman–Crippen LogP) is 2.53. The lowest BCUT2D eigenvalue weighted by molar-refractivity contribution is 0.205. The van der Waals surface area contributed by atoms with Crippen LogP contribution >= 0.6 is 12.2 Å². The average Bonchev–Trinajstić information content (AvgIpc) is 3.00. The summed E-state index contributed by atoms with van der Waals surface area (Å²) in [5.41, 5.74) is 0. The topological polar surface area (TPSA) is 46.1 Å². The smallest absolute Gasteiger partial charge is 0.226 e. The van der Waals surface area contributed by atoms with E-state index in [1.807, 2.05) is 0 Å². The minimum atomic E-state index is 0.517. The lowest BCUT2D eigenvalue weighted by Gasteiger charge is -2.24. The zero-order valence-corrected chi connectivity index (χ0v) is 12.0. The Labute approximate surface area is 113 Å². The Kier molecular flexibility index (Phi) is 4.77. The number of aromatic nitrogens is 3. The number of H-pyrrole nitrogens is 1. The first-order chi connectivity index (χ1) is 8.77. The van der Waals surface area contributed by atoms with Crippen molar-refractivity contribution in [2.45, 2.75) is 38.6 Å². The van der Waals surface area contributed by atoms with Crippen LogP contribution in [0.4, 0.5) is 5.95 Å². The van der Waals surface area contributed by atoms with Gasteiger partial charge in [0.2, 0.25) is 5.95 Å². The zero-order valence-electron chi connectivity index (χ0n) is 11.2. The lowest BCUT2D eigenvalue weighted by atomic mass is 10.2. The highest BCUT2D eigenvalue weighted by atomic mass is 32.1. The van der Waals surface area contributed by atoms with Gasteiger partial charge in [0.05, 0.1) is 6.61 Å². The molecule has 18 heavy (non-hydrogen) atoms. The van der Waals surface area contributed by atoms with E-state index in [0.29, 0.717) is 12.6 Å². The number of hydrogen-bond donors (Lipinski definition) is 1. The number of rotatable bonds is 6. The van der Waals surface area contributed by atoms with Crippen molar-refractivity contribution in [1.29, 1.82) is 0 Å². The Morgan fingerprint density at radius 3 is 2.83 bits per heavy atom. The molecule has 2 rings (SSSR count). The molecule has 0 aliphatic heterocycles. The Hall–Kier alpha value is -0.880. The SMILES string of the molecule is CCN(CCOC)c1n[nH]c(=S)n1C1CCCC1. The molecule has 1 aromatic heterocycles. The van der Waals surface area contributed by atoms with Crippen LogP contribution in [-0.4, -0.2) is 41.6 Å². The maximum atomic E-state index is 5.38. The van der Waals surface area contributed by atoms with Gasteiger partial charge in [0.1, 0.15) is 0 Å². The summed E-state index contributed by atoms with van der Waals surface area (Å²) in [5.74, 6) is 0.964. The zero-order chi connectivity index (χ0) is 13.0. The van der Waals surface area contributed by atoms with Gasteiger partial charge >= 0.3 is 0 Å². The van der Waals surface area contributed by atoms with Crippen molar-refractivity contribution in [3.05, 3.63) is 4.77 Å². The first-order valence-corrected chi connectivity index (χ1v) is 7.09. The second-order valence-corrected chi connectivity index (χ2v) is 5.10. The predicted molar refractivity (Wildman–Crippen MR) is 74.7 cm³/mol. The normalized spacial score (nSPS) is 16.3. The number of nitrogens with one attached hydrogen (secondary N) is 1. The summed E-state index contributed by atoms with van der Waals surface area (Å²) in [6.45, 7) is 4.60. The molecule has 6 heteroatoms. The van der Waals surface area contributed by atoms with Crippen molar-refractivity contribution >= 4 is 18.2 Å². The van der Waals surface area contributed by atoms with Crippen LogP contribution in [0.2, 0.25) is 0 Å². The van der Waals surface area contributed by atoms with Crippen LogP contribution in [-0.2, 0) is 4.74 Å². The third-order valence-electron chi connectivity index (χ3n) is 3.61. The van der Waals surface area contributed by atoms with Crippen LogP contribution in [0, 0.1) is 4.77 Å². The number of ether oxygens (including phenoxy) is 1. The fraction of sp³-hybridized carbons (Fsp3) is 0.833. The average molecular weight is 270 g/mol. The molecule has 0 aromatic carbocycles. The summed E-state index contributed by atoms with van der Waals surface area (Å²) in [6.07, 6.45) is 5.01. The molecular formula is C12H22N4OS. The van der Waals surface area contributed by atoms with Gasteiger partial charge < -0.3 is 9.64 Å².